The third-order valence-corrected chi connectivity index (χ3v) is 5.36. The van der Waals surface area contributed by atoms with Crippen LogP contribution in [0, 0.1) is 0 Å². The van der Waals surface area contributed by atoms with E-state index in [0.29, 0.717) is 30.1 Å². The molecule has 8 heteroatoms. The van der Waals surface area contributed by atoms with Crippen LogP contribution in [-0.4, -0.2) is 35.6 Å². The molecule has 31 heavy (non-hydrogen) atoms. The van der Waals surface area contributed by atoms with E-state index in [2.05, 4.69) is 6.58 Å². The molecule has 3 rings (SSSR count). The lowest BCUT2D eigenvalue weighted by molar-refractivity contribution is -0.127. The topological polar surface area (TPSA) is 98.9 Å². The number of ether oxygens (including phenoxy) is 2. The molecule has 1 saturated heterocycles. The van der Waals surface area contributed by atoms with Crippen LogP contribution in [0.3, 0.4) is 0 Å². The Morgan fingerprint density at radius 1 is 1.23 bits per heavy atom. The highest BCUT2D eigenvalue weighted by molar-refractivity contribution is 8.18. The molecule has 160 valence electrons. The highest BCUT2D eigenvalue weighted by Crippen LogP contribution is 2.37. The van der Waals surface area contributed by atoms with Crippen molar-refractivity contribution < 1.29 is 23.9 Å². The smallest absolute Gasteiger partial charge is 0.294 e. The maximum absolute atomic E-state index is 12.5. The van der Waals surface area contributed by atoms with Crippen LogP contribution >= 0.6 is 11.8 Å². The number of amides is 3. The number of benzene rings is 2. The maximum Gasteiger partial charge on any atom is 0.294 e. The third kappa shape index (κ3) is 5.35. The van der Waals surface area contributed by atoms with Crippen molar-refractivity contribution >= 4 is 34.9 Å². The number of hydrogen-bond donors (Lipinski definition) is 1. The molecule has 0 bridgehead atoms. The van der Waals surface area contributed by atoms with Gasteiger partial charge in [-0.05, 0) is 47.5 Å². The van der Waals surface area contributed by atoms with Crippen molar-refractivity contribution in [3.8, 4) is 11.5 Å². The van der Waals surface area contributed by atoms with Crippen molar-refractivity contribution in [1.82, 2.24) is 4.90 Å². The minimum atomic E-state index is -0.751. The van der Waals surface area contributed by atoms with Gasteiger partial charge in [0.15, 0.2) is 11.5 Å². The SMILES string of the molecule is C=CCc1cc(/C=C2\SC(=O)N(CC(N)=O)C2=O)cc(OC)c1OCc1ccccc1. The number of methoxy groups -OCH3 is 1. The zero-order valence-electron chi connectivity index (χ0n) is 17.0. The molecule has 2 N–H and O–H groups in total. The van der Waals surface area contributed by atoms with Gasteiger partial charge in [0.25, 0.3) is 11.1 Å². The number of nitrogens with two attached hydrogens (primary N) is 1. The Morgan fingerprint density at radius 2 is 1.97 bits per heavy atom. The first-order chi connectivity index (χ1) is 14.9. The molecule has 0 atom stereocenters. The summed E-state index contributed by atoms with van der Waals surface area (Å²) in [4.78, 5) is 36.7. The van der Waals surface area contributed by atoms with Crippen LogP contribution in [-0.2, 0) is 22.6 Å². The highest BCUT2D eigenvalue weighted by atomic mass is 32.2. The summed E-state index contributed by atoms with van der Waals surface area (Å²) in [6, 6.07) is 13.3. The fourth-order valence-corrected chi connectivity index (χ4v) is 3.90. The molecule has 0 radical (unpaired) electrons. The molecule has 7 nitrogen and oxygen atoms in total. The highest BCUT2D eigenvalue weighted by Gasteiger charge is 2.35. The van der Waals surface area contributed by atoms with E-state index in [1.54, 1.807) is 18.2 Å². The molecule has 0 aliphatic carbocycles. The van der Waals surface area contributed by atoms with Gasteiger partial charge in [0.1, 0.15) is 13.2 Å². The lowest BCUT2D eigenvalue weighted by atomic mass is 10.0. The Bertz CT molecular complexity index is 1050. The summed E-state index contributed by atoms with van der Waals surface area (Å²) in [5, 5.41) is -0.531. The zero-order valence-corrected chi connectivity index (χ0v) is 17.8. The van der Waals surface area contributed by atoms with Crippen molar-refractivity contribution in [1.29, 1.82) is 0 Å². The molecule has 0 aromatic heterocycles. The van der Waals surface area contributed by atoms with Crippen molar-refractivity contribution in [3.63, 3.8) is 0 Å². The maximum atomic E-state index is 12.5. The number of allylic oxidation sites excluding steroid dienone is 1. The average Bonchev–Trinajstić information content (AvgIpc) is 3.00. The number of rotatable bonds is 9. The number of carbonyl (C=O) groups is 3. The lowest BCUT2D eigenvalue weighted by Crippen LogP contribution is -2.36. The number of thioether (sulfide) groups is 1. The van der Waals surface area contributed by atoms with Crippen molar-refractivity contribution in [3.05, 3.63) is 76.7 Å². The van der Waals surface area contributed by atoms with E-state index in [0.717, 1.165) is 27.8 Å². The molecule has 1 aliphatic heterocycles. The minimum Gasteiger partial charge on any atom is -0.493 e. The van der Waals surface area contributed by atoms with Crippen molar-refractivity contribution in [2.24, 2.45) is 5.73 Å². The first-order valence-electron chi connectivity index (χ1n) is 9.45. The molecule has 1 heterocycles. The van der Waals surface area contributed by atoms with Crippen LogP contribution < -0.4 is 15.2 Å². The van der Waals surface area contributed by atoms with E-state index in [9.17, 15) is 14.4 Å². The van der Waals surface area contributed by atoms with Crippen LogP contribution in [0.1, 0.15) is 16.7 Å². The van der Waals surface area contributed by atoms with Gasteiger partial charge < -0.3 is 15.2 Å². The molecule has 0 unspecified atom stereocenters. The van der Waals surface area contributed by atoms with Crippen molar-refractivity contribution in [2.45, 2.75) is 13.0 Å². The molecule has 2 aromatic carbocycles. The molecule has 3 amide bonds. The second-order valence-corrected chi connectivity index (χ2v) is 7.71. The molecule has 2 aromatic rings. The van der Waals surface area contributed by atoms with Gasteiger partial charge in [0.05, 0.1) is 12.0 Å². The summed E-state index contributed by atoms with van der Waals surface area (Å²) in [6.45, 7) is 3.72. The van der Waals surface area contributed by atoms with E-state index in [-0.39, 0.29) is 4.91 Å². The number of nitrogens with zero attached hydrogens (tertiary/aromatic N) is 1. The summed E-state index contributed by atoms with van der Waals surface area (Å²) < 4.78 is 11.6. The Morgan fingerprint density at radius 3 is 2.61 bits per heavy atom. The van der Waals surface area contributed by atoms with E-state index < -0.39 is 23.6 Å². The van der Waals surface area contributed by atoms with Crippen LogP contribution in [0.5, 0.6) is 11.5 Å². The zero-order chi connectivity index (χ0) is 22.4. The summed E-state index contributed by atoms with van der Waals surface area (Å²) in [5.74, 6) is -0.219. The van der Waals surface area contributed by atoms with Crippen LogP contribution in [0.4, 0.5) is 4.79 Å². The number of carbonyl (C=O) groups excluding carboxylic acids is 3. The fourth-order valence-electron chi connectivity index (χ4n) is 3.06. The van der Waals surface area contributed by atoms with Gasteiger partial charge in [-0.1, -0.05) is 36.4 Å². The number of primary amides is 1. The van der Waals surface area contributed by atoms with Crippen molar-refractivity contribution in [2.75, 3.05) is 13.7 Å². The monoisotopic (exact) mass is 438 g/mol. The molecular weight excluding hydrogens is 416 g/mol. The van der Waals surface area contributed by atoms with Crippen LogP contribution in [0.2, 0.25) is 0 Å². The Labute approximate surface area is 184 Å². The molecule has 1 fully saturated rings. The molecule has 0 saturated carbocycles. The predicted octanol–water partition coefficient (Wildman–Crippen LogP) is 3.52. The van der Waals surface area contributed by atoms with Gasteiger partial charge >= 0.3 is 0 Å². The predicted molar refractivity (Wildman–Crippen MR) is 120 cm³/mol. The first kappa shape index (κ1) is 22.2. The standard InChI is InChI=1S/C23H22N2O5S/c1-3-7-17-10-16(12-19-22(27)25(13-20(24)26)23(28)31-19)11-18(29-2)21(17)30-14-15-8-5-4-6-9-15/h3-6,8-12H,1,7,13-14H2,2H3,(H2,24,26)/b19-12-. The quantitative estimate of drug-likeness (QED) is 0.475. The first-order valence-corrected chi connectivity index (χ1v) is 10.3. The summed E-state index contributed by atoms with van der Waals surface area (Å²) in [7, 11) is 1.53. The second kappa shape index (κ2) is 9.99. The van der Waals surface area contributed by atoms with E-state index in [4.69, 9.17) is 15.2 Å². The van der Waals surface area contributed by atoms with Gasteiger partial charge in [0.2, 0.25) is 5.91 Å². The summed E-state index contributed by atoms with van der Waals surface area (Å²) in [5.41, 5.74) is 7.62. The molecular formula is C23H22N2O5S. The summed E-state index contributed by atoms with van der Waals surface area (Å²) in [6.07, 6.45) is 3.85. The van der Waals surface area contributed by atoms with Gasteiger partial charge in [-0.3, -0.25) is 19.3 Å². The Kier molecular flexibility index (Phi) is 7.15. The van der Waals surface area contributed by atoms with E-state index >= 15 is 0 Å². The van der Waals surface area contributed by atoms with Gasteiger partial charge in [-0.2, -0.15) is 0 Å². The largest absolute Gasteiger partial charge is 0.493 e. The fraction of sp³-hybridized carbons (Fsp3) is 0.174. The third-order valence-electron chi connectivity index (χ3n) is 4.45. The van der Waals surface area contributed by atoms with E-state index in [1.165, 1.54) is 7.11 Å². The summed E-state index contributed by atoms with van der Waals surface area (Å²) >= 11 is 0.762. The van der Waals surface area contributed by atoms with Crippen LogP contribution in [0.15, 0.2) is 60.0 Å². The Hall–Kier alpha value is -3.52. The average molecular weight is 439 g/mol. The Balaban J connectivity index is 1.91. The van der Waals surface area contributed by atoms with E-state index in [1.807, 2.05) is 36.4 Å². The van der Waals surface area contributed by atoms with Crippen LogP contribution in [0.25, 0.3) is 6.08 Å². The minimum absolute atomic E-state index is 0.204. The second-order valence-electron chi connectivity index (χ2n) is 6.71. The lowest BCUT2D eigenvalue weighted by Gasteiger charge is -2.16. The normalized spacial score (nSPS) is 14.7. The number of hydrogen-bond acceptors (Lipinski definition) is 6. The molecule has 1 aliphatic rings. The number of imide groups is 1. The van der Waals surface area contributed by atoms with Gasteiger partial charge in [-0.25, -0.2) is 0 Å². The van der Waals surface area contributed by atoms with Gasteiger partial charge in [-0.15, -0.1) is 6.58 Å². The van der Waals surface area contributed by atoms with Gasteiger partial charge in [0, 0.05) is 5.56 Å². The molecule has 0 spiro atoms.